The van der Waals surface area contributed by atoms with E-state index in [1.807, 2.05) is 44.2 Å². The van der Waals surface area contributed by atoms with Crippen LogP contribution in [-0.2, 0) is 4.79 Å². The second-order valence-corrected chi connectivity index (χ2v) is 7.21. The van der Waals surface area contributed by atoms with Crippen LogP contribution in [0.25, 0.3) is 11.3 Å². The number of hydrogen-bond acceptors (Lipinski definition) is 4. The number of halogens is 1. The third-order valence-corrected chi connectivity index (χ3v) is 4.84. The van der Waals surface area contributed by atoms with E-state index in [0.717, 1.165) is 17.0 Å². The second kappa shape index (κ2) is 8.34. The highest BCUT2D eigenvalue weighted by molar-refractivity contribution is 7.99. The van der Waals surface area contributed by atoms with Gasteiger partial charge in [0.2, 0.25) is 5.91 Å². The summed E-state index contributed by atoms with van der Waals surface area (Å²) in [6, 6.07) is 17.3. The minimum absolute atomic E-state index is 0.148. The summed E-state index contributed by atoms with van der Waals surface area (Å²) in [5.74, 6) is 0.0623. The smallest absolute Gasteiger partial charge is 0.234 e. The Kier molecular flexibility index (Phi) is 5.91. The lowest BCUT2D eigenvalue weighted by molar-refractivity contribution is -0.113. The van der Waals surface area contributed by atoms with Gasteiger partial charge in [0.15, 0.2) is 5.16 Å². The molecule has 0 aliphatic carbocycles. The van der Waals surface area contributed by atoms with Crippen LogP contribution in [0.15, 0.2) is 59.8 Å². The number of benzene rings is 2. The molecular formula is C20H18ClN3OS. The molecule has 0 saturated carbocycles. The maximum absolute atomic E-state index is 12.2. The molecular weight excluding hydrogens is 366 g/mol. The fraction of sp³-hybridized carbons (Fsp3) is 0.150. The Hall–Kier alpha value is -2.37. The maximum Gasteiger partial charge on any atom is 0.234 e. The molecule has 0 saturated heterocycles. The Bertz CT molecular complexity index is 929. The van der Waals surface area contributed by atoms with Crippen molar-refractivity contribution in [1.82, 2.24) is 9.97 Å². The van der Waals surface area contributed by atoms with Gasteiger partial charge in [-0.25, -0.2) is 9.97 Å². The number of anilines is 1. The van der Waals surface area contributed by atoms with Crippen molar-refractivity contribution in [3.05, 3.63) is 70.9 Å². The average Bonchev–Trinajstić information content (AvgIpc) is 2.62. The summed E-state index contributed by atoms with van der Waals surface area (Å²) >= 11 is 7.36. The van der Waals surface area contributed by atoms with Crippen LogP contribution in [0, 0.1) is 13.8 Å². The number of nitrogens with one attached hydrogen (secondary N) is 1. The third kappa shape index (κ3) is 4.84. The van der Waals surface area contributed by atoms with Crippen LogP contribution in [0.1, 0.15) is 11.3 Å². The van der Waals surface area contributed by atoms with E-state index in [1.54, 1.807) is 12.1 Å². The zero-order valence-electron chi connectivity index (χ0n) is 14.5. The fourth-order valence-electron chi connectivity index (χ4n) is 2.36. The number of aryl methyl sites for hydroxylation is 2. The van der Waals surface area contributed by atoms with Gasteiger partial charge in [-0.05, 0) is 32.0 Å². The number of rotatable bonds is 5. The number of nitrogens with zero attached hydrogens (tertiary/aromatic N) is 2. The van der Waals surface area contributed by atoms with Crippen LogP contribution in [0.3, 0.4) is 0 Å². The number of amides is 1. The van der Waals surface area contributed by atoms with E-state index in [1.165, 1.54) is 17.3 Å². The van der Waals surface area contributed by atoms with Gasteiger partial charge >= 0.3 is 0 Å². The molecule has 4 nitrogen and oxygen atoms in total. The van der Waals surface area contributed by atoms with Crippen LogP contribution in [-0.4, -0.2) is 21.6 Å². The van der Waals surface area contributed by atoms with Crippen molar-refractivity contribution in [1.29, 1.82) is 0 Å². The Morgan fingerprint density at radius 1 is 1.08 bits per heavy atom. The average molecular weight is 384 g/mol. The third-order valence-electron chi connectivity index (χ3n) is 3.66. The molecule has 0 radical (unpaired) electrons. The molecule has 2 aromatic carbocycles. The standard InChI is InChI=1S/C20H18ClN3OS/c1-13-7-9-15(10-8-13)18-11-14(2)22-20(24-18)26-12-19(25)23-17-6-4-3-5-16(17)21/h3-11H,12H2,1-2H3,(H,23,25). The molecule has 132 valence electrons. The summed E-state index contributed by atoms with van der Waals surface area (Å²) in [6.45, 7) is 3.97. The van der Waals surface area contributed by atoms with E-state index >= 15 is 0 Å². The van der Waals surface area contributed by atoms with Crippen molar-refractivity contribution < 1.29 is 4.79 Å². The summed E-state index contributed by atoms with van der Waals surface area (Å²) in [4.78, 5) is 21.2. The summed E-state index contributed by atoms with van der Waals surface area (Å²) in [7, 11) is 0. The molecule has 0 bridgehead atoms. The van der Waals surface area contributed by atoms with Gasteiger partial charge in [0.05, 0.1) is 22.2 Å². The number of aromatic nitrogens is 2. The molecule has 0 atom stereocenters. The highest BCUT2D eigenvalue weighted by atomic mass is 35.5. The predicted molar refractivity (Wildman–Crippen MR) is 108 cm³/mol. The molecule has 1 N–H and O–H groups in total. The number of carbonyl (C=O) groups excluding carboxylic acids is 1. The van der Waals surface area contributed by atoms with E-state index in [-0.39, 0.29) is 11.7 Å². The quantitative estimate of drug-likeness (QED) is 0.489. The Morgan fingerprint density at radius 2 is 1.81 bits per heavy atom. The SMILES string of the molecule is Cc1ccc(-c2cc(C)nc(SCC(=O)Nc3ccccc3Cl)n2)cc1. The minimum atomic E-state index is -0.148. The number of para-hydroxylation sites is 1. The van der Waals surface area contributed by atoms with Crippen LogP contribution >= 0.6 is 23.4 Å². The van der Waals surface area contributed by atoms with Crippen molar-refractivity contribution in [3.63, 3.8) is 0 Å². The molecule has 0 unspecified atom stereocenters. The van der Waals surface area contributed by atoms with Crippen LogP contribution in [0.4, 0.5) is 5.69 Å². The first-order valence-corrected chi connectivity index (χ1v) is 9.47. The van der Waals surface area contributed by atoms with Gasteiger partial charge in [-0.1, -0.05) is 65.3 Å². The van der Waals surface area contributed by atoms with E-state index in [0.29, 0.717) is 15.9 Å². The highest BCUT2D eigenvalue weighted by Gasteiger charge is 2.10. The van der Waals surface area contributed by atoms with Crippen molar-refractivity contribution in [2.75, 3.05) is 11.1 Å². The molecule has 6 heteroatoms. The number of thioether (sulfide) groups is 1. The largest absolute Gasteiger partial charge is 0.324 e. The molecule has 0 fully saturated rings. The number of carbonyl (C=O) groups is 1. The first-order chi connectivity index (χ1) is 12.5. The van der Waals surface area contributed by atoms with Crippen molar-refractivity contribution in [2.45, 2.75) is 19.0 Å². The lowest BCUT2D eigenvalue weighted by Crippen LogP contribution is -2.14. The highest BCUT2D eigenvalue weighted by Crippen LogP contribution is 2.23. The number of hydrogen-bond donors (Lipinski definition) is 1. The topological polar surface area (TPSA) is 54.9 Å². The first-order valence-electron chi connectivity index (χ1n) is 8.11. The molecule has 1 amide bonds. The molecule has 1 heterocycles. The van der Waals surface area contributed by atoms with E-state index in [4.69, 9.17) is 11.6 Å². The molecule has 0 aliphatic rings. The molecule has 1 aromatic heterocycles. The molecule has 0 spiro atoms. The maximum atomic E-state index is 12.2. The molecule has 26 heavy (non-hydrogen) atoms. The lowest BCUT2D eigenvalue weighted by Gasteiger charge is -2.08. The Morgan fingerprint density at radius 3 is 2.54 bits per heavy atom. The molecule has 3 aromatic rings. The first kappa shape index (κ1) is 18.4. The minimum Gasteiger partial charge on any atom is -0.324 e. The summed E-state index contributed by atoms with van der Waals surface area (Å²) < 4.78 is 0. The lowest BCUT2D eigenvalue weighted by atomic mass is 10.1. The fourth-order valence-corrected chi connectivity index (χ4v) is 3.24. The van der Waals surface area contributed by atoms with Crippen LogP contribution in [0.2, 0.25) is 5.02 Å². The van der Waals surface area contributed by atoms with E-state index < -0.39 is 0 Å². The van der Waals surface area contributed by atoms with Crippen molar-refractivity contribution in [2.24, 2.45) is 0 Å². The van der Waals surface area contributed by atoms with Crippen molar-refractivity contribution in [3.8, 4) is 11.3 Å². The van der Waals surface area contributed by atoms with E-state index in [9.17, 15) is 4.79 Å². The van der Waals surface area contributed by atoms with Crippen molar-refractivity contribution >= 4 is 35.0 Å². The summed E-state index contributed by atoms with van der Waals surface area (Å²) in [6.07, 6.45) is 0. The zero-order valence-corrected chi connectivity index (χ0v) is 16.1. The molecule has 3 rings (SSSR count). The van der Waals surface area contributed by atoms with Gasteiger partial charge in [-0.3, -0.25) is 4.79 Å². The summed E-state index contributed by atoms with van der Waals surface area (Å²) in [5.41, 5.74) is 4.55. The van der Waals surface area contributed by atoms with Crippen LogP contribution < -0.4 is 5.32 Å². The normalized spacial score (nSPS) is 10.6. The van der Waals surface area contributed by atoms with Gasteiger partial charge in [-0.15, -0.1) is 0 Å². The van der Waals surface area contributed by atoms with Gasteiger partial charge < -0.3 is 5.32 Å². The van der Waals surface area contributed by atoms with Gasteiger partial charge in [0, 0.05) is 11.3 Å². The zero-order chi connectivity index (χ0) is 18.5. The van der Waals surface area contributed by atoms with Gasteiger partial charge in [-0.2, -0.15) is 0 Å². The van der Waals surface area contributed by atoms with E-state index in [2.05, 4.69) is 27.4 Å². The Labute approximate surface area is 162 Å². The Balaban J connectivity index is 1.69. The summed E-state index contributed by atoms with van der Waals surface area (Å²) in [5, 5.41) is 3.89. The molecule has 0 aliphatic heterocycles. The van der Waals surface area contributed by atoms with Gasteiger partial charge in [0.1, 0.15) is 0 Å². The monoisotopic (exact) mass is 383 g/mol. The van der Waals surface area contributed by atoms with Crippen LogP contribution in [0.5, 0.6) is 0 Å². The predicted octanol–water partition coefficient (Wildman–Crippen LogP) is 5.14. The van der Waals surface area contributed by atoms with Gasteiger partial charge in [0.25, 0.3) is 0 Å². The second-order valence-electron chi connectivity index (χ2n) is 5.86.